The molecule has 94 valence electrons. The summed E-state index contributed by atoms with van der Waals surface area (Å²) in [6.45, 7) is 4.03. The Morgan fingerprint density at radius 2 is 2.06 bits per heavy atom. The molecule has 2 N–H and O–H groups in total. The van der Waals surface area contributed by atoms with Gasteiger partial charge in [0, 0.05) is 5.92 Å². The van der Waals surface area contributed by atoms with Crippen molar-refractivity contribution >= 4 is 0 Å². The van der Waals surface area contributed by atoms with Gasteiger partial charge in [-0.05, 0) is 26.2 Å². The molecule has 1 aliphatic carbocycles. The van der Waals surface area contributed by atoms with Gasteiger partial charge in [0.1, 0.15) is 0 Å². The van der Waals surface area contributed by atoms with Gasteiger partial charge in [-0.2, -0.15) is 0 Å². The minimum Gasteiger partial charge on any atom is -0.393 e. The third kappa shape index (κ3) is 4.67. The summed E-state index contributed by atoms with van der Waals surface area (Å²) in [5, 5.41) is 19.8. The monoisotopic (exact) mass is 226 g/mol. The molecule has 2 unspecified atom stereocenters. The predicted octanol–water partition coefficient (Wildman–Crippen LogP) is 3.03. The van der Waals surface area contributed by atoms with Crippen molar-refractivity contribution in [3.8, 4) is 0 Å². The summed E-state index contributed by atoms with van der Waals surface area (Å²) in [6, 6.07) is 0. The molecule has 16 heavy (non-hydrogen) atoms. The molecule has 0 amide bonds. The molecule has 1 fully saturated rings. The zero-order chi connectivity index (χ0) is 12.0. The third-order valence-electron chi connectivity index (χ3n) is 3.52. The third-order valence-corrected chi connectivity index (χ3v) is 3.52. The van der Waals surface area contributed by atoms with Gasteiger partial charge in [0.25, 0.3) is 0 Å². The molecular formula is C14H26O2. The summed E-state index contributed by atoms with van der Waals surface area (Å²) in [4.78, 5) is 0. The maximum atomic E-state index is 10.1. The minimum atomic E-state index is -0.697. The first-order valence-electron chi connectivity index (χ1n) is 6.65. The molecule has 0 saturated heterocycles. The van der Waals surface area contributed by atoms with E-state index in [0.717, 1.165) is 32.1 Å². The van der Waals surface area contributed by atoms with Crippen molar-refractivity contribution in [1.82, 2.24) is 0 Å². The van der Waals surface area contributed by atoms with E-state index in [2.05, 4.69) is 6.92 Å². The highest BCUT2D eigenvalue weighted by Gasteiger charge is 2.24. The second kappa shape index (κ2) is 6.41. The molecule has 0 aromatic rings. The van der Waals surface area contributed by atoms with Crippen LogP contribution in [0.3, 0.4) is 0 Å². The molecule has 1 saturated carbocycles. The average molecular weight is 226 g/mol. The van der Waals surface area contributed by atoms with Gasteiger partial charge in [0.2, 0.25) is 0 Å². The van der Waals surface area contributed by atoms with Gasteiger partial charge in [0.05, 0.1) is 11.7 Å². The summed E-state index contributed by atoms with van der Waals surface area (Å²) < 4.78 is 0. The molecule has 3 atom stereocenters. The molecule has 0 aliphatic heterocycles. The van der Waals surface area contributed by atoms with Crippen LogP contribution in [-0.4, -0.2) is 21.9 Å². The van der Waals surface area contributed by atoms with E-state index in [1.54, 1.807) is 0 Å². The van der Waals surface area contributed by atoms with Crippen molar-refractivity contribution in [2.45, 2.75) is 70.5 Å². The number of unbranched alkanes of at least 4 members (excludes halogenated alkanes) is 2. The van der Waals surface area contributed by atoms with Crippen molar-refractivity contribution in [3.05, 3.63) is 12.2 Å². The molecule has 0 spiro atoms. The lowest BCUT2D eigenvalue weighted by molar-refractivity contribution is 0.0966. The van der Waals surface area contributed by atoms with Crippen LogP contribution in [0.25, 0.3) is 0 Å². The first kappa shape index (κ1) is 13.7. The van der Waals surface area contributed by atoms with Crippen LogP contribution in [0, 0.1) is 5.92 Å². The fourth-order valence-electron chi connectivity index (χ4n) is 2.34. The van der Waals surface area contributed by atoms with Crippen molar-refractivity contribution in [1.29, 1.82) is 0 Å². The summed E-state index contributed by atoms with van der Waals surface area (Å²) >= 11 is 0. The average Bonchev–Trinajstić information content (AvgIpc) is 2.62. The van der Waals surface area contributed by atoms with Crippen LogP contribution in [0.1, 0.15) is 58.8 Å². The summed E-state index contributed by atoms with van der Waals surface area (Å²) in [6.07, 6.45) is 11.0. The largest absolute Gasteiger partial charge is 0.393 e. The highest BCUT2D eigenvalue weighted by Crippen LogP contribution is 2.28. The topological polar surface area (TPSA) is 40.5 Å². The summed E-state index contributed by atoms with van der Waals surface area (Å²) in [5.41, 5.74) is -0.697. The summed E-state index contributed by atoms with van der Waals surface area (Å²) in [7, 11) is 0. The SMILES string of the molecule is CCCCCC(C)(O)/C=C/C1CCC[C@H]1O. The van der Waals surface area contributed by atoms with E-state index in [1.165, 1.54) is 12.8 Å². The van der Waals surface area contributed by atoms with Gasteiger partial charge in [-0.15, -0.1) is 0 Å². The van der Waals surface area contributed by atoms with Gasteiger partial charge in [-0.3, -0.25) is 0 Å². The van der Waals surface area contributed by atoms with Crippen LogP contribution >= 0.6 is 0 Å². The zero-order valence-electron chi connectivity index (χ0n) is 10.7. The number of hydrogen-bond donors (Lipinski definition) is 2. The van der Waals surface area contributed by atoms with Gasteiger partial charge in [-0.1, -0.05) is 44.8 Å². The Balaban J connectivity index is 2.35. The van der Waals surface area contributed by atoms with Crippen LogP contribution in [0.4, 0.5) is 0 Å². The van der Waals surface area contributed by atoms with Gasteiger partial charge in [-0.25, -0.2) is 0 Å². The standard InChI is InChI=1S/C14H26O2/c1-3-4-5-10-14(2,16)11-9-12-7-6-8-13(12)15/h9,11-13,15-16H,3-8,10H2,1-2H3/b11-9+/t12?,13-,14?/m1/s1. The lowest BCUT2D eigenvalue weighted by Crippen LogP contribution is -2.21. The van der Waals surface area contributed by atoms with Crippen LogP contribution < -0.4 is 0 Å². The highest BCUT2D eigenvalue weighted by molar-refractivity contribution is 5.03. The maximum Gasteiger partial charge on any atom is 0.0799 e. The van der Waals surface area contributed by atoms with Crippen molar-refractivity contribution in [2.24, 2.45) is 5.92 Å². The summed E-state index contributed by atoms with van der Waals surface area (Å²) in [5.74, 6) is 0.262. The Bertz CT molecular complexity index is 221. The Morgan fingerprint density at radius 3 is 2.62 bits per heavy atom. The number of aliphatic hydroxyl groups is 2. The molecule has 0 bridgehead atoms. The van der Waals surface area contributed by atoms with Crippen LogP contribution in [-0.2, 0) is 0 Å². The fourth-order valence-corrected chi connectivity index (χ4v) is 2.34. The number of hydrogen-bond acceptors (Lipinski definition) is 2. The minimum absolute atomic E-state index is 0.192. The Morgan fingerprint density at radius 1 is 1.31 bits per heavy atom. The van der Waals surface area contributed by atoms with E-state index >= 15 is 0 Å². The van der Waals surface area contributed by atoms with E-state index in [4.69, 9.17) is 0 Å². The smallest absolute Gasteiger partial charge is 0.0799 e. The van der Waals surface area contributed by atoms with Gasteiger partial charge < -0.3 is 10.2 Å². The van der Waals surface area contributed by atoms with Gasteiger partial charge >= 0.3 is 0 Å². The zero-order valence-corrected chi connectivity index (χ0v) is 10.7. The lowest BCUT2D eigenvalue weighted by Gasteiger charge is -2.20. The van der Waals surface area contributed by atoms with E-state index in [1.807, 2.05) is 19.1 Å². The van der Waals surface area contributed by atoms with E-state index < -0.39 is 5.60 Å². The Labute approximate surface area is 99.4 Å². The van der Waals surface area contributed by atoms with Crippen LogP contribution in [0.2, 0.25) is 0 Å². The first-order chi connectivity index (χ1) is 7.55. The van der Waals surface area contributed by atoms with Crippen LogP contribution in [0.5, 0.6) is 0 Å². The quantitative estimate of drug-likeness (QED) is 0.540. The van der Waals surface area contributed by atoms with Crippen molar-refractivity contribution in [2.75, 3.05) is 0 Å². The first-order valence-corrected chi connectivity index (χ1v) is 6.65. The van der Waals surface area contributed by atoms with Crippen LogP contribution in [0.15, 0.2) is 12.2 Å². The van der Waals surface area contributed by atoms with Crippen molar-refractivity contribution < 1.29 is 10.2 Å². The normalized spacial score (nSPS) is 29.8. The predicted molar refractivity (Wildman–Crippen MR) is 67.3 cm³/mol. The maximum absolute atomic E-state index is 10.1. The molecule has 0 radical (unpaired) electrons. The van der Waals surface area contributed by atoms with Gasteiger partial charge in [0.15, 0.2) is 0 Å². The molecule has 2 nitrogen and oxygen atoms in total. The van der Waals surface area contributed by atoms with E-state index in [-0.39, 0.29) is 12.0 Å². The molecule has 0 aromatic carbocycles. The molecule has 1 aliphatic rings. The van der Waals surface area contributed by atoms with E-state index in [0.29, 0.717) is 0 Å². The second-order valence-electron chi connectivity index (χ2n) is 5.34. The second-order valence-corrected chi connectivity index (χ2v) is 5.34. The van der Waals surface area contributed by atoms with E-state index in [9.17, 15) is 10.2 Å². The molecule has 0 aromatic heterocycles. The van der Waals surface area contributed by atoms with Crippen molar-refractivity contribution in [3.63, 3.8) is 0 Å². The fraction of sp³-hybridized carbons (Fsp3) is 0.857. The molecule has 0 heterocycles. The molecular weight excluding hydrogens is 200 g/mol. The highest BCUT2D eigenvalue weighted by atomic mass is 16.3. The Hall–Kier alpha value is -0.340. The number of rotatable bonds is 6. The lowest BCUT2D eigenvalue weighted by atomic mass is 9.95. The Kier molecular flexibility index (Phi) is 5.50. The molecule has 2 heteroatoms. The molecule has 1 rings (SSSR count). The number of aliphatic hydroxyl groups excluding tert-OH is 1.